The Morgan fingerprint density at radius 2 is 1.68 bits per heavy atom. The van der Waals surface area contributed by atoms with Crippen molar-refractivity contribution < 1.29 is 19.0 Å². The van der Waals surface area contributed by atoms with Gasteiger partial charge in [-0.2, -0.15) is 0 Å². The van der Waals surface area contributed by atoms with Crippen molar-refractivity contribution in [1.82, 2.24) is 0 Å². The maximum atomic E-state index is 13.4. The highest BCUT2D eigenvalue weighted by Gasteiger charge is 2.43. The molecule has 0 aromatic heterocycles. The minimum Gasteiger partial charge on any atom is -0.493 e. The number of carbonyl (C=O) groups excluding carboxylic acids is 1. The monoisotopic (exact) mass is 439 g/mol. The van der Waals surface area contributed by atoms with E-state index in [0.717, 1.165) is 34.5 Å². The molecule has 2 aromatic rings. The smallest absolute Gasteiger partial charge is 0.203 e. The second kappa shape index (κ2) is 8.15. The topological polar surface area (TPSA) is 56.8 Å². The molecule has 0 unspecified atom stereocenters. The Morgan fingerprint density at radius 3 is 2.26 bits per heavy atom. The van der Waals surface area contributed by atoms with Crippen molar-refractivity contribution in [3.8, 4) is 17.2 Å². The molecule has 1 aliphatic heterocycles. The van der Waals surface area contributed by atoms with E-state index in [1.807, 2.05) is 6.07 Å². The number of ether oxygens (including phenoxy) is 3. The Hall–Kier alpha value is -2.60. The summed E-state index contributed by atoms with van der Waals surface area (Å²) in [5.74, 6) is 1.66. The molecule has 0 bridgehead atoms. The predicted octanol–water partition coefficient (Wildman–Crippen LogP) is 5.63. The van der Waals surface area contributed by atoms with E-state index in [9.17, 15) is 4.79 Å². The summed E-state index contributed by atoms with van der Waals surface area (Å²) in [6.45, 7) is 4.28. The number of rotatable bonds is 5. The molecule has 2 aromatic carbocycles. The van der Waals surface area contributed by atoms with Crippen molar-refractivity contribution in [2.24, 2.45) is 5.41 Å². The van der Waals surface area contributed by atoms with Gasteiger partial charge in [0.2, 0.25) is 5.75 Å². The second-order valence-corrected chi connectivity index (χ2v) is 9.65. The van der Waals surface area contributed by atoms with Gasteiger partial charge in [0.15, 0.2) is 17.3 Å². The quantitative estimate of drug-likeness (QED) is 0.609. The lowest BCUT2D eigenvalue weighted by molar-refractivity contribution is -0.118. The lowest BCUT2D eigenvalue weighted by Crippen LogP contribution is -2.34. The molecule has 6 heteroatoms. The highest BCUT2D eigenvalue weighted by Crippen LogP contribution is 2.55. The molecule has 0 saturated heterocycles. The van der Waals surface area contributed by atoms with Gasteiger partial charge < -0.3 is 19.5 Å². The van der Waals surface area contributed by atoms with Crippen LogP contribution in [0.2, 0.25) is 0 Å². The van der Waals surface area contributed by atoms with Crippen LogP contribution in [-0.2, 0) is 4.79 Å². The summed E-state index contributed by atoms with van der Waals surface area (Å²) >= 11 is 1.70. The molecule has 0 radical (unpaired) electrons. The van der Waals surface area contributed by atoms with Crippen LogP contribution in [0.3, 0.4) is 0 Å². The molecular weight excluding hydrogens is 410 g/mol. The van der Waals surface area contributed by atoms with Crippen LogP contribution in [0.15, 0.2) is 46.5 Å². The van der Waals surface area contributed by atoms with Crippen molar-refractivity contribution in [2.45, 2.75) is 37.5 Å². The third-order valence-electron chi connectivity index (χ3n) is 6.10. The molecular formula is C25H29NO4S. The molecule has 1 N–H and O–H groups in total. The first-order valence-corrected chi connectivity index (χ1v) is 11.6. The van der Waals surface area contributed by atoms with Crippen LogP contribution < -0.4 is 19.5 Å². The summed E-state index contributed by atoms with van der Waals surface area (Å²) in [7, 11) is 4.84. The fourth-order valence-electron chi connectivity index (χ4n) is 4.79. The highest BCUT2D eigenvalue weighted by molar-refractivity contribution is 7.98. The largest absolute Gasteiger partial charge is 0.493 e. The summed E-state index contributed by atoms with van der Waals surface area (Å²) in [4.78, 5) is 14.6. The van der Waals surface area contributed by atoms with E-state index in [2.05, 4.69) is 49.7 Å². The standard InChI is InChI=1S/C25H29NO4S/c1-25(2)12-17-21(18(27)13-25)20(14-7-9-15(31-6)10-8-14)22-16(26-17)11-19(28-3)23(29-4)24(22)30-5/h7-11,20,26H,12-13H2,1-6H3/t20-/m0/s1. The zero-order chi connectivity index (χ0) is 22.3. The molecule has 0 amide bonds. The number of nitrogens with one attached hydrogen (secondary N) is 1. The Kier molecular flexibility index (Phi) is 5.69. The van der Waals surface area contributed by atoms with Crippen molar-refractivity contribution in [1.29, 1.82) is 0 Å². The van der Waals surface area contributed by atoms with Gasteiger partial charge in [-0.05, 0) is 35.8 Å². The van der Waals surface area contributed by atoms with Crippen LogP contribution in [0.1, 0.15) is 43.7 Å². The second-order valence-electron chi connectivity index (χ2n) is 8.77. The first kappa shape index (κ1) is 21.6. The Labute approximate surface area is 188 Å². The number of thioether (sulfide) groups is 1. The zero-order valence-electron chi connectivity index (χ0n) is 18.9. The average molecular weight is 440 g/mol. The molecule has 2 aliphatic rings. The van der Waals surface area contributed by atoms with E-state index >= 15 is 0 Å². The number of fused-ring (bicyclic) bond motifs is 1. The van der Waals surface area contributed by atoms with Crippen molar-refractivity contribution in [3.05, 3.63) is 52.7 Å². The van der Waals surface area contributed by atoms with Crippen LogP contribution in [0, 0.1) is 5.41 Å². The first-order chi connectivity index (χ1) is 14.8. The molecule has 1 atom stereocenters. The summed E-state index contributed by atoms with van der Waals surface area (Å²) in [6, 6.07) is 10.4. The van der Waals surface area contributed by atoms with E-state index in [0.29, 0.717) is 23.7 Å². The van der Waals surface area contributed by atoms with Crippen LogP contribution in [0.5, 0.6) is 17.2 Å². The number of allylic oxidation sites excluding steroid dienone is 2. The minimum atomic E-state index is -0.236. The molecule has 164 valence electrons. The SMILES string of the molecule is COc1cc2c(c(OC)c1OC)[C@@H](c1ccc(SC)cc1)C1=C(CC(C)(C)CC1=O)N2. The molecule has 1 aliphatic carbocycles. The fourth-order valence-corrected chi connectivity index (χ4v) is 5.19. The first-order valence-electron chi connectivity index (χ1n) is 10.3. The van der Waals surface area contributed by atoms with Crippen LogP contribution in [0.4, 0.5) is 5.69 Å². The molecule has 31 heavy (non-hydrogen) atoms. The number of benzene rings is 2. The maximum absolute atomic E-state index is 13.4. The number of hydrogen-bond acceptors (Lipinski definition) is 6. The lowest BCUT2D eigenvalue weighted by atomic mass is 9.68. The number of Topliss-reactive ketones (excluding diaryl/α,β-unsaturated/α-hetero) is 1. The van der Waals surface area contributed by atoms with Gasteiger partial charge in [0.1, 0.15) is 0 Å². The van der Waals surface area contributed by atoms with Gasteiger partial charge in [0, 0.05) is 40.1 Å². The number of ketones is 1. The molecule has 1 heterocycles. The van der Waals surface area contributed by atoms with Crippen molar-refractivity contribution in [3.63, 3.8) is 0 Å². The van der Waals surface area contributed by atoms with E-state index in [1.54, 1.807) is 33.1 Å². The van der Waals surface area contributed by atoms with E-state index in [1.165, 1.54) is 4.90 Å². The zero-order valence-corrected chi connectivity index (χ0v) is 19.7. The van der Waals surface area contributed by atoms with Crippen LogP contribution in [-0.4, -0.2) is 33.4 Å². The fraction of sp³-hybridized carbons (Fsp3) is 0.400. The van der Waals surface area contributed by atoms with Gasteiger partial charge >= 0.3 is 0 Å². The number of hydrogen-bond donors (Lipinski definition) is 1. The van der Waals surface area contributed by atoms with Gasteiger partial charge in [0.25, 0.3) is 0 Å². The Bertz CT molecular complexity index is 1060. The average Bonchev–Trinajstić information content (AvgIpc) is 2.75. The van der Waals surface area contributed by atoms with E-state index in [4.69, 9.17) is 14.2 Å². The van der Waals surface area contributed by atoms with Crippen LogP contribution in [0.25, 0.3) is 0 Å². The molecule has 4 rings (SSSR count). The summed E-state index contributed by atoms with van der Waals surface area (Å²) in [5, 5.41) is 3.55. The third-order valence-corrected chi connectivity index (χ3v) is 6.84. The van der Waals surface area contributed by atoms with Gasteiger partial charge in [-0.1, -0.05) is 26.0 Å². The normalized spacial score (nSPS) is 19.3. The van der Waals surface area contributed by atoms with E-state index < -0.39 is 0 Å². The van der Waals surface area contributed by atoms with Gasteiger partial charge in [-0.3, -0.25) is 4.79 Å². The Morgan fingerprint density at radius 1 is 1.00 bits per heavy atom. The third kappa shape index (κ3) is 3.67. The summed E-state index contributed by atoms with van der Waals surface area (Å²) in [5.41, 5.74) is 4.58. The van der Waals surface area contributed by atoms with E-state index in [-0.39, 0.29) is 17.1 Å². The number of anilines is 1. The van der Waals surface area contributed by atoms with Gasteiger partial charge in [-0.15, -0.1) is 11.8 Å². The van der Waals surface area contributed by atoms with Crippen molar-refractivity contribution >= 4 is 23.2 Å². The molecule has 0 spiro atoms. The highest BCUT2D eigenvalue weighted by atomic mass is 32.2. The Balaban J connectivity index is 2.01. The predicted molar refractivity (Wildman–Crippen MR) is 125 cm³/mol. The lowest BCUT2D eigenvalue weighted by Gasteiger charge is -2.40. The minimum absolute atomic E-state index is 0.0890. The number of carbonyl (C=O) groups is 1. The molecule has 0 saturated carbocycles. The van der Waals surface area contributed by atoms with Gasteiger partial charge in [0.05, 0.1) is 27.0 Å². The summed E-state index contributed by atoms with van der Waals surface area (Å²) < 4.78 is 17.1. The van der Waals surface area contributed by atoms with Crippen molar-refractivity contribution in [2.75, 3.05) is 32.9 Å². The molecule has 0 fully saturated rings. The molecule has 5 nitrogen and oxygen atoms in total. The maximum Gasteiger partial charge on any atom is 0.203 e. The summed E-state index contributed by atoms with van der Waals surface area (Å²) in [6.07, 6.45) is 3.39. The number of methoxy groups -OCH3 is 3. The van der Waals surface area contributed by atoms with Crippen LogP contribution >= 0.6 is 11.8 Å². The van der Waals surface area contributed by atoms with Gasteiger partial charge in [-0.25, -0.2) is 0 Å².